The summed E-state index contributed by atoms with van der Waals surface area (Å²) in [6.45, 7) is 23.6. The Morgan fingerprint density at radius 2 is 0.523 bits per heavy atom. The van der Waals surface area contributed by atoms with Crippen molar-refractivity contribution >= 4 is 22.8 Å². The lowest BCUT2D eigenvalue weighted by atomic mass is 9.82. The molecule has 2 aromatic carbocycles. The van der Waals surface area contributed by atoms with Crippen LogP contribution in [0.1, 0.15) is 319 Å². The highest BCUT2D eigenvalue weighted by Gasteiger charge is 2.23. The van der Waals surface area contributed by atoms with Crippen molar-refractivity contribution in [3.8, 4) is 0 Å². The molecule has 0 radical (unpaired) electrons. The van der Waals surface area contributed by atoms with E-state index >= 15 is 0 Å². The Kier molecular flexibility index (Phi) is 35.1. The minimum absolute atomic E-state index is 1.03. The summed E-state index contributed by atoms with van der Waals surface area (Å²) in [6, 6.07) is 5.58. The summed E-state index contributed by atoms with van der Waals surface area (Å²) in [6.07, 6.45) is 48.6. The molecule has 65 heavy (non-hydrogen) atoms. The average molecular weight is 896 g/mol. The average Bonchev–Trinajstić information content (AvgIpc) is 3.30. The van der Waals surface area contributed by atoms with Crippen LogP contribution in [0.2, 0.25) is 0 Å². The van der Waals surface area contributed by atoms with Gasteiger partial charge in [-0.3, -0.25) is 9.98 Å². The zero-order valence-electron chi connectivity index (χ0n) is 45.6. The first-order valence-corrected chi connectivity index (χ1v) is 29.4. The van der Waals surface area contributed by atoms with E-state index in [1.165, 1.54) is 228 Å². The van der Waals surface area contributed by atoms with Crippen molar-refractivity contribution in [2.24, 2.45) is 9.98 Å². The fraction of sp³-hybridized carbons (Fsp3) is 0.778. The van der Waals surface area contributed by atoms with E-state index in [2.05, 4.69) is 81.4 Å². The highest BCUT2D eigenvalue weighted by atomic mass is 14.8. The predicted molar refractivity (Wildman–Crippen MR) is 297 cm³/mol. The largest absolute Gasteiger partial charge is 0.257 e. The summed E-state index contributed by atoms with van der Waals surface area (Å²) in [5.41, 5.74) is 18.7. The van der Waals surface area contributed by atoms with Crippen molar-refractivity contribution in [1.82, 2.24) is 0 Å². The lowest BCUT2D eigenvalue weighted by Crippen LogP contribution is -2.10. The summed E-state index contributed by atoms with van der Waals surface area (Å²) in [5, 5.41) is 0. The fourth-order valence-electron chi connectivity index (χ4n) is 10.4. The Balaban J connectivity index is 3.25. The number of aryl methyl sites for hydroxylation is 2. The van der Waals surface area contributed by atoms with Gasteiger partial charge in [-0.05, 0) is 154 Å². The Labute approximate surface area is 407 Å². The first kappa shape index (κ1) is 58.9. The normalized spacial score (nSPS) is 11.5. The molecule has 0 aromatic heterocycles. The Morgan fingerprint density at radius 3 is 0.769 bits per heavy atom. The number of hydrogen-bond acceptors (Lipinski definition) is 2. The number of hydrogen-bond donors (Lipinski definition) is 0. The summed E-state index contributed by atoms with van der Waals surface area (Å²) < 4.78 is 0. The number of benzene rings is 2. The maximum Gasteiger partial charge on any atom is 0.0698 e. The van der Waals surface area contributed by atoms with Gasteiger partial charge in [0, 0.05) is 11.4 Å². The molecule has 2 rings (SSSR count). The molecule has 372 valence electrons. The molecule has 0 amide bonds. The van der Waals surface area contributed by atoms with Crippen LogP contribution in [0, 0.1) is 0 Å². The second-order valence-electron chi connectivity index (χ2n) is 20.4. The van der Waals surface area contributed by atoms with Crippen molar-refractivity contribution in [3.05, 3.63) is 56.6 Å². The zero-order valence-corrected chi connectivity index (χ0v) is 45.6. The van der Waals surface area contributed by atoms with Crippen molar-refractivity contribution < 1.29 is 0 Å². The first-order valence-electron chi connectivity index (χ1n) is 29.4. The molecule has 0 spiro atoms. The molecule has 0 aliphatic carbocycles. The van der Waals surface area contributed by atoms with Gasteiger partial charge in [-0.25, -0.2) is 0 Å². The number of unbranched alkanes of at least 4 members (excludes halogenated alkanes) is 18. The summed E-state index contributed by atoms with van der Waals surface area (Å²) in [7, 11) is 0. The topological polar surface area (TPSA) is 24.7 Å². The number of nitrogens with zero attached hydrogens (tertiary/aromatic N) is 2. The SMILES string of the molecule is CCCCCCc1cc(Cc2cc(CCCCCC)c(CCCCCC)c(N=C(CCC)CCC)c2CCCCCC)c(CCCCCC)c(N=C(CCC)CCC)c1CCCCCC. The van der Waals surface area contributed by atoms with Crippen LogP contribution in [0.5, 0.6) is 0 Å². The molecule has 0 aliphatic rings. The minimum atomic E-state index is 1.03. The van der Waals surface area contributed by atoms with Crippen LogP contribution in [0.25, 0.3) is 0 Å². The van der Waals surface area contributed by atoms with Crippen LogP contribution < -0.4 is 0 Å². The highest BCUT2D eigenvalue weighted by molar-refractivity contribution is 5.89. The molecule has 0 aliphatic heterocycles. The number of aliphatic imine (C=N–C) groups is 2. The second kappa shape index (κ2) is 38.7. The number of rotatable bonds is 42. The van der Waals surface area contributed by atoms with E-state index in [1.54, 1.807) is 44.5 Å². The van der Waals surface area contributed by atoms with Gasteiger partial charge in [0.2, 0.25) is 0 Å². The fourth-order valence-corrected chi connectivity index (χ4v) is 10.4. The maximum absolute atomic E-state index is 5.97. The molecule has 2 nitrogen and oxygen atoms in total. The molecule has 2 heteroatoms. The molecule has 0 unspecified atom stereocenters. The third-order valence-electron chi connectivity index (χ3n) is 14.2. The van der Waals surface area contributed by atoms with Crippen LogP contribution in [-0.4, -0.2) is 11.4 Å². The molecule has 0 bridgehead atoms. The molecule has 0 atom stereocenters. The van der Waals surface area contributed by atoms with E-state index in [1.807, 2.05) is 0 Å². The van der Waals surface area contributed by atoms with E-state index in [9.17, 15) is 0 Å². The Hall–Kier alpha value is -2.22. The summed E-state index contributed by atoms with van der Waals surface area (Å²) in [4.78, 5) is 11.9. The third-order valence-corrected chi connectivity index (χ3v) is 14.2. The Morgan fingerprint density at radius 1 is 0.277 bits per heavy atom. The van der Waals surface area contributed by atoms with Gasteiger partial charge in [-0.1, -0.05) is 223 Å². The molecule has 0 saturated heterocycles. The van der Waals surface area contributed by atoms with Gasteiger partial charge in [-0.15, -0.1) is 0 Å². The molecule has 0 N–H and O–H groups in total. The molecule has 0 heterocycles. The predicted octanol–water partition coefficient (Wildman–Crippen LogP) is 21.4. The standard InChI is InChI=1S/C63H110N2/c1-11-21-27-33-43-52-49-54(60(47-37-31-25-15-5)62(58(52)45-35-29-23-13-3)64-56(39-17-7)40-18-8)51-55-50-53(44-34-28-22-12-2)59(46-36-30-24-14-4)63(61(55)48-38-32-26-16-6)65-57(41-19-9)42-20-10/h49-50H,11-48,51H2,1-10H3. The van der Waals surface area contributed by atoms with E-state index in [4.69, 9.17) is 9.98 Å². The van der Waals surface area contributed by atoms with E-state index in [-0.39, 0.29) is 0 Å². The van der Waals surface area contributed by atoms with Crippen LogP contribution in [0.15, 0.2) is 22.1 Å². The van der Waals surface area contributed by atoms with Gasteiger partial charge in [0.25, 0.3) is 0 Å². The van der Waals surface area contributed by atoms with Crippen molar-refractivity contribution in [3.63, 3.8) is 0 Å². The highest BCUT2D eigenvalue weighted by Crippen LogP contribution is 2.41. The first-order chi connectivity index (χ1) is 31.9. The van der Waals surface area contributed by atoms with Gasteiger partial charge < -0.3 is 0 Å². The van der Waals surface area contributed by atoms with Crippen molar-refractivity contribution in [1.29, 1.82) is 0 Å². The lowest BCUT2D eigenvalue weighted by Gasteiger charge is -2.25. The van der Waals surface area contributed by atoms with Crippen LogP contribution in [0.3, 0.4) is 0 Å². The summed E-state index contributed by atoms with van der Waals surface area (Å²) >= 11 is 0. The molecule has 0 saturated carbocycles. The molecular weight excluding hydrogens is 785 g/mol. The van der Waals surface area contributed by atoms with Crippen molar-refractivity contribution in [2.45, 2.75) is 320 Å². The summed E-state index contributed by atoms with van der Waals surface area (Å²) in [5.74, 6) is 0. The quantitative estimate of drug-likeness (QED) is 0.0469. The van der Waals surface area contributed by atoms with Gasteiger partial charge in [0.05, 0.1) is 11.4 Å². The van der Waals surface area contributed by atoms with E-state index in [0.29, 0.717) is 0 Å². The molecule has 2 aromatic rings. The monoisotopic (exact) mass is 895 g/mol. The third kappa shape index (κ3) is 23.1. The van der Waals surface area contributed by atoms with Crippen LogP contribution in [-0.2, 0) is 44.9 Å². The van der Waals surface area contributed by atoms with E-state index in [0.717, 1.165) is 44.9 Å². The van der Waals surface area contributed by atoms with Gasteiger partial charge in [-0.2, -0.15) is 0 Å². The van der Waals surface area contributed by atoms with E-state index < -0.39 is 0 Å². The molecule has 0 fully saturated rings. The van der Waals surface area contributed by atoms with Crippen LogP contribution >= 0.6 is 0 Å². The smallest absolute Gasteiger partial charge is 0.0698 e. The van der Waals surface area contributed by atoms with Crippen LogP contribution in [0.4, 0.5) is 11.4 Å². The Bertz CT molecular complexity index is 1430. The zero-order chi connectivity index (χ0) is 47.3. The second-order valence-corrected chi connectivity index (χ2v) is 20.4. The van der Waals surface area contributed by atoms with Gasteiger partial charge in [0.1, 0.15) is 0 Å². The van der Waals surface area contributed by atoms with Gasteiger partial charge >= 0.3 is 0 Å². The molecular formula is C63H110N2. The lowest BCUT2D eigenvalue weighted by molar-refractivity contribution is 0.645. The van der Waals surface area contributed by atoms with Gasteiger partial charge in [0.15, 0.2) is 0 Å². The van der Waals surface area contributed by atoms with Crippen molar-refractivity contribution in [2.75, 3.05) is 0 Å². The maximum atomic E-state index is 5.97. The minimum Gasteiger partial charge on any atom is -0.257 e.